The Bertz CT molecular complexity index is 797. The van der Waals surface area contributed by atoms with E-state index in [2.05, 4.69) is 15.2 Å². The van der Waals surface area contributed by atoms with Crippen LogP contribution in [0.5, 0.6) is 0 Å². The summed E-state index contributed by atoms with van der Waals surface area (Å²) in [5.74, 6) is 0.520. The Hall–Kier alpha value is -2.54. The van der Waals surface area contributed by atoms with Gasteiger partial charge >= 0.3 is 0 Å². The van der Waals surface area contributed by atoms with Gasteiger partial charge in [-0.2, -0.15) is 15.0 Å². The third-order valence-electron chi connectivity index (χ3n) is 2.89. The lowest BCUT2D eigenvalue weighted by Gasteiger charge is -2.08. The van der Waals surface area contributed by atoms with Gasteiger partial charge in [0.2, 0.25) is 0 Å². The van der Waals surface area contributed by atoms with E-state index in [4.69, 9.17) is 28.8 Å². The van der Waals surface area contributed by atoms with Gasteiger partial charge in [0, 0.05) is 10.6 Å². The molecule has 0 spiro atoms. The van der Waals surface area contributed by atoms with Crippen LogP contribution in [0.4, 0.5) is 17.3 Å². The highest BCUT2D eigenvalue weighted by Gasteiger charge is 2.09. The smallest absolute Gasteiger partial charge is 0.149 e. The van der Waals surface area contributed by atoms with Gasteiger partial charge in [0.15, 0.2) is 0 Å². The highest BCUT2D eigenvalue weighted by Crippen LogP contribution is 2.22. The van der Waals surface area contributed by atoms with Crippen molar-refractivity contribution in [2.24, 2.45) is 0 Å². The second-order valence-electron chi connectivity index (χ2n) is 4.37. The molecular weight excluding hydrogens is 302 g/mol. The summed E-state index contributed by atoms with van der Waals surface area (Å²) in [5, 5.41) is 9.28. The summed E-state index contributed by atoms with van der Waals surface area (Å²) < 4.78 is 0. The van der Waals surface area contributed by atoms with Crippen molar-refractivity contribution in [3.63, 3.8) is 0 Å². The number of hydrogen-bond donors (Lipinski definition) is 3. The van der Waals surface area contributed by atoms with Gasteiger partial charge in [-0.05, 0) is 24.3 Å². The number of benzene rings is 1. The summed E-state index contributed by atoms with van der Waals surface area (Å²) in [5.41, 5.74) is 19.8. The van der Waals surface area contributed by atoms with E-state index >= 15 is 0 Å². The lowest BCUT2D eigenvalue weighted by Crippen LogP contribution is -2.10. The summed E-state index contributed by atoms with van der Waals surface area (Å²) in [6.45, 7) is 4.36. The molecule has 116 valence electrons. The van der Waals surface area contributed by atoms with Gasteiger partial charge in [-0.15, -0.1) is 0 Å². The van der Waals surface area contributed by atoms with Crippen molar-refractivity contribution in [3.8, 4) is 0 Å². The second-order valence-corrected chi connectivity index (χ2v) is 4.81. The van der Waals surface area contributed by atoms with E-state index in [-0.39, 0.29) is 5.82 Å². The molecular formula is C14H18ClN7. The van der Waals surface area contributed by atoms with Crippen molar-refractivity contribution in [2.45, 2.75) is 20.4 Å². The van der Waals surface area contributed by atoms with Gasteiger partial charge in [0.25, 0.3) is 0 Å². The Labute approximate surface area is 133 Å². The monoisotopic (exact) mass is 319 g/mol. The van der Waals surface area contributed by atoms with Gasteiger partial charge in [-0.25, -0.2) is 4.98 Å². The minimum atomic E-state index is 0.208. The summed E-state index contributed by atoms with van der Waals surface area (Å²) in [6, 6.07) is 6.98. The van der Waals surface area contributed by atoms with Gasteiger partial charge in [-0.1, -0.05) is 25.4 Å². The highest BCUT2D eigenvalue weighted by molar-refractivity contribution is 6.31. The Morgan fingerprint density at radius 3 is 2.45 bits per heavy atom. The lowest BCUT2D eigenvalue weighted by molar-refractivity contribution is 0.601. The molecule has 22 heavy (non-hydrogen) atoms. The molecule has 0 saturated carbocycles. The predicted octanol–water partition coefficient (Wildman–Crippen LogP) is 2.30. The topological polar surface area (TPSA) is 122 Å². The minimum absolute atomic E-state index is 0.208. The van der Waals surface area contributed by atoms with E-state index in [0.29, 0.717) is 28.6 Å². The van der Waals surface area contributed by atoms with Crippen molar-refractivity contribution in [3.05, 3.63) is 34.9 Å². The van der Waals surface area contributed by atoms with Crippen molar-refractivity contribution in [2.75, 3.05) is 17.2 Å². The second kappa shape index (κ2) is 6.48. The number of hydrogen-bond acceptors (Lipinski definition) is 6. The maximum absolute atomic E-state index is 5.92. The zero-order valence-corrected chi connectivity index (χ0v) is 13.2. The number of rotatable bonds is 2. The fourth-order valence-corrected chi connectivity index (χ4v) is 2.10. The molecule has 0 aliphatic carbocycles. The molecule has 0 aliphatic rings. The average molecular weight is 320 g/mol. The van der Waals surface area contributed by atoms with Crippen LogP contribution in [-0.4, -0.2) is 20.0 Å². The standard InChI is InChI=1S/C12H12ClN7.C2H6/c13-7-1-2-8-9(4-7)19-20(18-8)5-6-3-10(14)17-12(16)11(6)15;1-2/h1-4H,5,15H2,(H4,14,16,17);1-2H3. The van der Waals surface area contributed by atoms with Gasteiger partial charge in [-0.3, -0.25) is 0 Å². The first kappa shape index (κ1) is 15.8. The maximum atomic E-state index is 5.92. The Morgan fingerprint density at radius 1 is 1.05 bits per heavy atom. The summed E-state index contributed by atoms with van der Waals surface area (Å²) >= 11 is 5.92. The van der Waals surface area contributed by atoms with Crippen molar-refractivity contribution in [1.29, 1.82) is 0 Å². The molecule has 0 amide bonds. The van der Waals surface area contributed by atoms with Crippen molar-refractivity contribution < 1.29 is 0 Å². The number of pyridine rings is 1. The Balaban J connectivity index is 0.000000847. The van der Waals surface area contributed by atoms with Crippen molar-refractivity contribution >= 4 is 40.0 Å². The van der Waals surface area contributed by atoms with Crippen LogP contribution < -0.4 is 17.2 Å². The van der Waals surface area contributed by atoms with Gasteiger partial charge in [0.1, 0.15) is 22.7 Å². The fourth-order valence-electron chi connectivity index (χ4n) is 1.94. The molecule has 0 atom stereocenters. The number of fused-ring (bicyclic) bond motifs is 1. The zero-order valence-electron chi connectivity index (χ0n) is 12.4. The molecule has 8 heteroatoms. The third kappa shape index (κ3) is 3.20. The summed E-state index contributed by atoms with van der Waals surface area (Å²) in [6.07, 6.45) is 0. The summed E-state index contributed by atoms with van der Waals surface area (Å²) in [4.78, 5) is 5.41. The first-order valence-corrected chi connectivity index (χ1v) is 7.21. The van der Waals surface area contributed by atoms with Crippen molar-refractivity contribution in [1.82, 2.24) is 20.0 Å². The van der Waals surface area contributed by atoms with Crippen LogP contribution in [0.25, 0.3) is 11.0 Å². The number of halogens is 1. The molecule has 1 aromatic carbocycles. The van der Waals surface area contributed by atoms with E-state index in [1.54, 1.807) is 24.3 Å². The number of nitrogen functional groups attached to an aromatic ring is 3. The summed E-state index contributed by atoms with van der Waals surface area (Å²) in [7, 11) is 0. The molecule has 6 N–H and O–H groups in total. The number of anilines is 3. The van der Waals surface area contributed by atoms with E-state index in [1.807, 2.05) is 13.8 Å². The molecule has 3 aromatic rings. The lowest BCUT2D eigenvalue weighted by atomic mass is 10.2. The molecule has 2 heterocycles. The molecule has 0 radical (unpaired) electrons. The SMILES string of the molecule is CC.Nc1cc(Cn2nc3ccc(Cl)cc3n2)c(N)c(N)n1. The number of nitrogens with zero attached hydrogens (tertiary/aromatic N) is 4. The quantitative estimate of drug-likeness (QED) is 0.666. The normalized spacial score (nSPS) is 10.3. The van der Waals surface area contributed by atoms with E-state index in [1.165, 1.54) is 4.80 Å². The minimum Gasteiger partial charge on any atom is -0.395 e. The zero-order chi connectivity index (χ0) is 16.3. The van der Waals surface area contributed by atoms with Crippen LogP contribution in [-0.2, 0) is 6.54 Å². The van der Waals surface area contributed by atoms with Crippen LogP contribution in [0.1, 0.15) is 19.4 Å². The molecule has 3 rings (SSSR count). The van der Waals surface area contributed by atoms with Crippen LogP contribution in [0.3, 0.4) is 0 Å². The molecule has 0 unspecified atom stereocenters. The van der Waals surface area contributed by atoms with Gasteiger partial charge < -0.3 is 17.2 Å². The number of aromatic nitrogens is 4. The maximum Gasteiger partial charge on any atom is 0.149 e. The average Bonchev–Trinajstić information content (AvgIpc) is 2.87. The van der Waals surface area contributed by atoms with Crippen LogP contribution in [0, 0.1) is 0 Å². The first-order chi connectivity index (χ1) is 10.5. The van der Waals surface area contributed by atoms with Crippen LogP contribution >= 0.6 is 11.6 Å². The molecule has 2 aromatic heterocycles. The largest absolute Gasteiger partial charge is 0.395 e. The van der Waals surface area contributed by atoms with E-state index < -0.39 is 0 Å². The molecule has 0 saturated heterocycles. The molecule has 0 fully saturated rings. The Kier molecular flexibility index (Phi) is 4.67. The third-order valence-corrected chi connectivity index (χ3v) is 3.12. The fraction of sp³-hybridized carbons (Fsp3) is 0.214. The molecule has 0 bridgehead atoms. The first-order valence-electron chi connectivity index (χ1n) is 6.83. The van der Waals surface area contributed by atoms with E-state index in [0.717, 1.165) is 11.1 Å². The van der Waals surface area contributed by atoms with Gasteiger partial charge in [0.05, 0.1) is 12.2 Å². The molecule has 0 aliphatic heterocycles. The predicted molar refractivity (Wildman–Crippen MR) is 90.5 cm³/mol. The number of nitrogens with two attached hydrogens (primary N) is 3. The molecule has 7 nitrogen and oxygen atoms in total. The Morgan fingerprint density at radius 2 is 1.73 bits per heavy atom. The van der Waals surface area contributed by atoms with Crippen LogP contribution in [0.2, 0.25) is 5.02 Å². The van der Waals surface area contributed by atoms with Crippen LogP contribution in [0.15, 0.2) is 24.3 Å². The highest BCUT2D eigenvalue weighted by atomic mass is 35.5. The van der Waals surface area contributed by atoms with E-state index in [9.17, 15) is 0 Å².